The molecule has 0 unspecified atom stereocenters. The zero-order valence-electron chi connectivity index (χ0n) is 15.9. The van der Waals surface area contributed by atoms with Crippen LogP contribution in [-0.2, 0) is 4.79 Å². The van der Waals surface area contributed by atoms with Crippen LogP contribution in [-0.4, -0.2) is 36.2 Å². The van der Waals surface area contributed by atoms with Crippen LogP contribution < -0.4 is 25.4 Å². The van der Waals surface area contributed by atoms with Crippen LogP contribution in [0.5, 0.6) is 11.5 Å². The number of amides is 2. The summed E-state index contributed by atoms with van der Waals surface area (Å²) in [4.78, 5) is 24.8. The summed E-state index contributed by atoms with van der Waals surface area (Å²) in [6.07, 6.45) is 2.03. The van der Waals surface area contributed by atoms with E-state index in [1.807, 2.05) is 6.07 Å². The molecule has 3 aliphatic carbocycles. The summed E-state index contributed by atoms with van der Waals surface area (Å²) in [5, 5.41) is 9.11. The Kier molecular flexibility index (Phi) is 4.28. The SMILES string of the molecule is O=C(COc1ccc(Cl)c(F)c1)NC12CC(NC(=O)c3ccc4c(c3)OCN4)(C1)C2. The highest BCUT2D eigenvalue weighted by atomic mass is 35.5. The van der Waals surface area contributed by atoms with Gasteiger partial charge in [0.15, 0.2) is 13.3 Å². The third kappa shape index (κ3) is 3.31. The van der Waals surface area contributed by atoms with E-state index in [4.69, 9.17) is 21.1 Å². The predicted molar refractivity (Wildman–Crippen MR) is 107 cm³/mol. The molecule has 0 atom stereocenters. The zero-order valence-corrected chi connectivity index (χ0v) is 16.6. The van der Waals surface area contributed by atoms with Gasteiger partial charge in [-0.25, -0.2) is 4.39 Å². The second kappa shape index (κ2) is 6.77. The minimum atomic E-state index is -0.599. The normalized spacial score (nSPS) is 25.0. The van der Waals surface area contributed by atoms with Crippen LogP contribution in [0, 0.1) is 5.82 Å². The second-order valence-corrected chi connectivity index (χ2v) is 8.54. The van der Waals surface area contributed by atoms with Gasteiger partial charge in [0.25, 0.3) is 11.8 Å². The molecule has 1 heterocycles. The fourth-order valence-electron chi connectivity index (χ4n) is 4.53. The molecule has 3 N–H and O–H groups in total. The lowest BCUT2D eigenvalue weighted by atomic mass is 9.44. The average Bonchev–Trinajstić information content (AvgIpc) is 3.14. The molecule has 7 nitrogen and oxygen atoms in total. The number of rotatable bonds is 6. The fraction of sp³-hybridized carbons (Fsp3) is 0.333. The van der Waals surface area contributed by atoms with Crippen LogP contribution in [0.25, 0.3) is 0 Å². The topological polar surface area (TPSA) is 88.7 Å². The van der Waals surface area contributed by atoms with E-state index in [0.29, 0.717) is 37.3 Å². The molecule has 4 aliphatic rings. The van der Waals surface area contributed by atoms with Crippen molar-refractivity contribution < 1.29 is 23.5 Å². The maximum Gasteiger partial charge on any atom is 0.258 e. The van der Waals surface area contributed by atoms with Gasteiger partial charge >= 0.3 is 0 Å². The van der Waals surface area contributed by atoms with E-state index >= 15 is 0 Å². The van der Waals surface area contributed by atoms with Crippen LogP contribution in [0.15, 0.2) is 36.4 Å². The lowest BCUT2D eigenvalue weighted by Gasteiger charge is -2.70. The Balaban J connectivity index is 1.10. The van der Waals surface area contributed by atoms with Crippen molar-refractivity contribution >= 4 is 29.1 Å². The summed E-state index contributed by atoms with van der Waals surface area (Å²) in [5.74, 6) is -0.126. The van der Waals surface area contributed by atoms with E-state index in [9.17, 15) is 14.0 Å². The second-order valence-electron chi connectivity index (χ2n) is 8.13. The number of fused-ring (bicyclic) bond motifs is 1. The molecular weight excluding hydrogens is 413 g/mol. The molecule has 2 bridgehead atoms. The number of anilines is 1. The highest BCUT2D eigenvalue weighted by molar-refractivity contribution is 6.30. The predicted octanol–water partition coefficient (Wildman–Crippen LogP) is 2.84. The van der Waals surface area contributed by atoms with Crippen molar-refractivity contribution in [1.82, 2.24) is 10.6 Å². The van der Waals surface area contributed by atoms with Crippen molar-refractivity contribution in [3.8, 4) is 11.5 Å². The Bertz CT molecular complexity index is 1040. The largest absolute Gasteiger partial charge is 0.484 e. The van der Waals surface area contributed by atoms with Gasteiger partial charge in [-0.05, 0) is 49.6 Å². The number of carbonyl (C=O) groups excluding carboxylic acids is 2. The van der Waals surface area contributed by atoms with Gasteiger partial charge in [-0.3, -0.25) is 9.59 Å². The van der Waals surface area contributed by atoms with Gasteiger partial charge in [-0.1, -0.05) is 11.6 Å². The van der Waals surface area contributed by atoms with Gasteiger partial charge in [-0.2, -0.15) is 0 Å². The molecule has 2 aromatic rings. The average molecular weight is 432 g/mol. The molecule has 3 saturated carbocycles. The minimum absolute atomic E-state index is 0.00269. The summed E-state index contributed by atoms with van der Waals surface area (Å²) in [7, 11) is 0. The molecule has 3 fully saturated rings. The molecule has 30 heavy (non-hydrogen) atoms. The number of nitrogens with one attached hydrogen (secondary N) is 3. The maximum absolute atomic E-state index is 13.4. The van der Waals surface area contributed by atoms with E-state index in [1.54, 1.807) is 12.1 Å². The molecule has 6 rings (SSSR count). The summed E-state index contributed by atoms with van der Waals surface area (Å²) in [6.45, 7) is 0.189. The molecule has 0 aromatic heterocycles. The minimum Gasteiger partial charge on any atom is -0.484 e. The number of halogens is 2. The van der Waals surface area contributed by atoms with Crippen molar-refractivity contribution in [2.24, 2.45) is 0 Å². The van der Waals surface area contributed by atoms with Crippen LogP contribution in [0.3, 0.4) is 0 Å². The molecular formula is C21H19ClFN3O4. The van der Waals surface area contributed by atoms with Crippen molar-refractivity contribution in [2.45, 2.75) is 30.3 Å². The summed E-state index contributed by atoms with van der Waals surface area (Å²) < 4.78 is 24.2. The summed E-state index contributed by atoms with van der Waals surface area (Å²) in [5.41, 5.74) is 0.846. The van der Waals surface area contributed by atoms with Gasteiger partial charge in [0, 0.05) is 22.7 Å². The number of carbonyl (C=O) groups is 2. The Morgan fingerprint density at radius 3 is 2.67 bits per heavy atom. The lowest BCUT2D eigenvalue weighted by molar-refractivity contribution is -0.141. The number of hydrogen-bond donors (Lipinski definition) is 3. The van der Waals surface area contributed by atoms with Crippen molar-refractivity contribution in [2.75, 3.05) is 18.7 Å². The monoisotopic (exact) mass is 431 g/mol. The first-order valence-electron chi connectivity index (χ1n) is 9.58. The summed E-state index contributed by atoms with van der Waals surface area (Å²) in [6, 6.07) is 9.33. The molecule has 1 aliphatic heterocycles. The third-order valence-electron chi connectivity index (χ3n) is 5.81. The molecule has 0 radical (unpaired) electrons. The van der Waals surface area contributed by atoms with Crippen LogP contribution in [0.2, 0.25) is 5.02 Å². The zero-order chi connectivity index (χ0) is 20.9. The smallest absolute Gasteiger partial charge is 0.258 e. The van der Waals surface area contributed by atoms with Crippen molar-refractivity contribution in [1.29, 1.82) is 0 Å². The first kappa shape index (κ1) is 19.0. The molecule has 0 saturated heterocycles. The molecule has 2 amide bonds. The maximum atomic E-state index is 13.4. The Labute approximate surface area is 176 Å². The van der Waals surface area contributed by atoms with E-state index < -0.39 is 5.82 Å². The number of hydrogen-bond acceptors (Lipinski definition) is 5. The van der Waals surface area contributed by atoms with Gasteiger partial charge < -0.3 is 25.4 Å². The molecule has 156 valence electrons. The third-order valence-corrected chi connectivity index (χ3v) is 6.12. The van der Waals surface area contributed by atoms with Gasteiger partial charge in [0.05, 0.1) is 10.7 Å². The highest BCUT2D eigenvalue weighted by Crippen LogP contribution is 2.60. The Hall–Kier alpha value is -3.00. The van der Waals surface area contributed by atoms with Crippen LogP contribution in [0.1, 0.15) is 29.6 Å². The Morgan fingerprint density at radius 1 is 1.13 bits per heavy atom. The van der Waals surface area contributed by atoms with E-state index in [2.05, 4.69) is 16.0 Å². The van der Waals surface area contributed by atoms with Crippen molar-refractivity contribution in [3.05, 3.63) is 52.8 Å². The molecule has 2 aromatic carbocycles. The first-order chi connectivity index (χ1) is 14.4. The van der Waals surface area contributed by atoms with Crippen LogP contribution >= 0.6 is 11.6 Å². The van der Waals surface area contributed by atoms with Gasteiger partial charge in [0.1, 0.15) is 17.3 Å². The van der Waals surface area contributed by atoms with E-state index in [-0.39, 0.29) is 40.3 Å². The van der Waals surface area contributed by atoms with Gasteiger partial charge in [0.2, 0.25) is 0 Å². The van der Waals surface area contributed by atoms with E-state index in [1.165, 1.54) is 12.1 Å². The molecule has 0 spiro atoms. The van der Waals surface area contributed by atoms with Crippen molar-refractivity contribution in [3.63, 3.8) is 0 Å². The standard InChI is InChI=1S/C21H19ClFN3O4/c22-14-3-2-13(6-15(14)23)29-7-18(27)25-20-8-21(9-20,10-20)26-19(28)12-1-4-16-17(5-12)30-11-24-16/h1-6,24H,7-11H2,(H,25,27)(H,26,28). The first-order valence-corrected chi connectivity index (χ1v) is 9.95. The fourth-order valence-corrected chi connectivity index (χ4v) is 4.65. The number of benzene rings is 2. The van der Waals surface area contributed by atoms with Gasteiger partial charge in [-0.15, -0.1) is 0 Å². The van der Waals surface area contributed by atoms with E-state index in [0.717, 1.165) is 11.8 Å². The lowest BCUT2D eigenvalue weighted by Crippen LogP contribution is -2.84. The highest BCUT2D eigenvalue weighted by Gasteiger charge is 2.69. The molecule has 9 heteroatoms. The van der Waals surface area contributed by atoms with Crippen LogP contribution in [0.4, 0.5) is 10.1 Å². The number of ether oxygens (including phenoxy) is 2. The summed E-state index contributed by atoms with van der Waals surface area (Å²) >= 11 is 5.63. The quantitative estimate of drug-likeness (QED) is 0.654. The Morgan fingerprint density at radius 2 is 1.90 bits per heavy atom.